The van der Waals surface area contributed by atoms with Crippen LogP contribution in [-0.2, 0) is 35.8 Å². The number of aromatic nitrogens is 2. The molecule has 8 aromatic rings. The van der Waals surface area contributed by atoms with Crippen LogP contribution in [0, 0.1) is 10.8 Å². The van der Waals surface area contributed by atoms with Crippen molar-refractivity contribution in [2.45, 2.75) is 40.0 Å². The number of nitrogens with one attached hydrogen (secondary N) is 4. The number of nitrogens with zero attached hydrogens (tertiary/aromatic N) is 4. The quantitative estimate of drug-likeness (QED) is 0.0367. The number of aliphatic carboxylic acids is 2. The highest BCUT2D eigenvalue weighted by Gasteiger charge is 2.20. The topological polar surface area (TPSA) is 248 Å². The lowest BCUT2D eigenvalue weighted by Crippen LogP contribution is -2.34. The van der Waals surface area contributed by atoms with Gasteiger partial charge in [-0.2, -0.15) is 0 Å². The second kappa shape index (κ2) is 26.0. The molecule has 2 heterocycles. The summed E-state index contributed by atoms with van der Waals surface area (Å²) in [5, 5.41) is 41.3. The first-order valence-electron chi connectivity index (χ1n) is 23.9. The first-order chi connectivity index (χ1) is 35.7. The van der Waals surface area contributed by atoms with E-state index < -0.39 is 11.9 Å². The number of amidine groups is 2. The molecule has 0 fully saturated rings. The molecule has 2 aromatic heterocycles. The number of carbonyl (C=O) groups is 4. The summed E-state index contributed by atoms with van der Waals surface area (Å²) in [5.41, 5.74) is 22.2. The van der Waals surface area contributed by atoms with Crippen molar-refractivity contribution in [2.24, 2.45) is 11.5 Å². The molecular weight excluding hydrogens is 1090 g/mol. The minimum atomic E-state index is -1.08. The normalized spacial score (nSPS) is 11.0. The molecule has 0 saturated heterocycles. The maximum atomic E-state index is 13.3. The van der Waals surface area contributed by atoms with Crippen LogP contribution in [0.4, 0.5) is 11.4 Å². The maximum Gasteiger partial charge on any atom is 0.268 e. The zero-order valence-corrected chi connectivity index (χ0v) is 47.0. The zero-order valence-electron chi connectivity index (χ0n) is 43.8. The molecule has 0 aliphatic heterocycles. The minimum absolute atomic E-state index is 0.0243. The number of nitrogens with two attached hydrogens (primary N) is 2. The summed E-state index contributed by atoms with van der Waals surface area (Å²) in [7, 11) is 12.7. The Kier molecular flexibility index (Phi) is 20.2. The molecule has 0 radical (unpaired) electrons. The van der Waals surface area contributed by atoms with Gasteiger partial charge in [0.2, 0.25) is 0 Å². The van der Waals surface area contributed by atoms with Crippen LogP contribution >= 0.6 is 31.9 Å². The SMILES string of the molecule is CC(=O)[O-].CC(=O)[O-].C[N+](C)(C)c1ccc(CNC(=O)c2cc3c(Br)cccc3n2Cc2cccc(C(=N)N)c2)cc1.C[N+](C)(C)c1ccc(CNC(=O)c2cc3c(Br)cccc3n2Cc2cccc(C(=N)N)c2)cc1. The van der Waals surface area contributed by atoms with Gasteiger partial charge in [0.1, 0.15) is 34.4 Å². The Balaban J connectivity index is 0.000000246. The van der Waals surface area contributed by atoms with Gasteiger partial charge in [-0.1, -0.05) is 105 Å². The fourth-order valence-corrected chi connectivity index (χ4v) is 8.86. The van der Waals surface area contributed by atoms with Gasteiger partial charge in [0, 0.05) is 69.0 Å². The van der Waals surface area contributed by atoms with Gasteiger partial charge in [0.15, 0.2) is 0 Å². The van der Waals surface area contributed by atoms with Gasteiger partial charge < -0.3 is 51.0 Å². The lowest BCUT2D eigenvalue weighted by molar-refractivity contribution is -0.303. The average molecular weight is 1160 g/mol. The Bertz CT molecular complexity index is 3160. The van der Waals surface area contributed by atoms with Crippen LogP contribution in [0.15, 0.2) is 155 Å². The number of hydrogen-bond donors (Lipinski definition) is 6. The van der Waals surface area contributed by atoms with E-state index >= 15 is 0 Å². The van der Waals surface area contributed by atoms with Crippen LogP contribution in [0.5, 0.6) is 0 Å². The molecule has 18 heteroatoms. The third-order valence-electron chi connectivity index (χ3n) is 11.7. The van der Waals surface area contributed by atoms with Gasteiger partial charge in [0.25, 0.3) is 11.8 Å². The fourth-order valence-electron chi connectivity index (χ4n) is 7.92. The third kappa shape index (κ3) is 16.6. The predicted octanol–water partition coefficient (Wildman–Crippen LogP) is 7.24. The number of fused-ring (bicyclic) bond motifs is 2. The average Bonchev–Trinajstić information content (AvgIpc) is 3.92. The first kappa shape index (κ1) is 59.0. The zero-order chi connectivity index (χ0) is 56.1. The van der Waals surface area contributed by atoms with Crippen LogP contribution in [0.1, 0.15) is 68.2 Å². The standard InChI is InChI=1S/2C27H28BrN5O.2C2H4O2/c2*1-33(2,3)21-12-10-18(11-13-21)16-31-27(34)25-15-22-23(28)8-5-9-24(22)32(25)17-19-6-4-7-20(14-19)26(29)30;2*1-2(3)4/h2*4-15H,16-17H2,1-3H3,(H3-,29,30,31,34);2*1H3,(H,3,4). The second-order valence-corrected chi connectivity index (χ2v) is 21.2. The number of benzene rings is 6. The highest BCUT2D eigenvalue weighted by molar-refractivity contribution is 9.11. The van der Waals surface area contributed by atoms with Crippen molar-refractivity contribution in [3.8, 4) is 0 Å². The van der Waals surface area contributed by atoms with Gasteiger partial charge in [-0.15, -0.1) is 0 Å². The summed E-state index contributed by atoms with van der Waals surface area (Å²) in [6.45, 7) is 3.81. The number of carbonyl (C=O) groups excluding carboxylic acids is 4. The third-order valence-corrected chi connectivity index (χ3v) is 13.1. The van der Waals surface area contributed by atoms with Gasteiger partial charge in [-0.25, -0.2) is 0 Å². The Morgan fingerprint density at radius 2 is 0.816 bits per heavy atom. The smallest absolute Gasteiger partial charge is 0.268 e. The van der Waals surface area contributed by atoms with E-state index in [1.807, 2.05) is 106 Å². The van der Waals surface area contributed by atoms with Gasteiger partial charge in [-0.3, -0.25) is 29.4 Å². The molecule has 0 aliphatic rings. The Morgan fingerprint density at radius 3 is 1.12 bits per heavy atom. The summed E-state index contributed by atoms with van der Waals surface area (Å²) in [4.78, 5) is 44.4. The molecule has 0 saturated carbocycles. The molecule has 8 rings (SSSR count). The maximum absolute atomic E-state index is 13.3. The van der Waals surface area contributed by atoms with E-state index in [-0.39, 0.29) is 23.5 Å². The van der Waals surface area contributed by atoms with E-state index in [1.54, 1.807) is 0 Å². The lowest BCUT2D eigenvalue weighted by atomic mass is 10.1. The number of carboxylic acid groups (broad SMARTS) is 2. The molecule has 0 spiro atoms. The van der Waals surface area contributed by atoms with Gasteiger partial charge in [-0.05, 0) is 109 Å². The van der Waals surface area contributed by atoms with E-state index in [0.717, 1.165) is 75.8 Å². The van der Waals surface area contributed by atoms with Crippen molar-refractivity contribution in [1.29, 1.82) is 10.8 Å². The largest absolute Gasteiger partial charge is 0.550 e. The van der Waals surface area contributed by atoms with E-state index in [9.17, 15) is 9.59 Å². The molecule has 0 bridgehead atoms. The van der Waals surface area contributed by atoms with E-state index in [1.165, 1.54) is 11.4 Å². The predicted molar refractivity (Wildman–Crippen MR) is 308 cm³/mol. The van der Waals surface area contributed by atoms with Crippen molar-refractivity contribution in [3.63, 3.8) is 0 Å². The van der Waals surface area contributed by atoms with E-state index in [0.29, 0.717) is 48.7 Å². The number of halogens is 2. The summed E-state index contributed by atoms with van der Waals surface area (Å²) in [6, 6.07) is 47.5. The van der Waals surface area contributed by atoms with E-state index in [2.05, 4.69) is 133 Å². The van der Waals surface area contributed by atoms with E-state index in [4.69, 9.17) is 42.1 Å². The van der Waals surface area contributed by atoms with Crippen LogP contribution in [0.25, 0.3) is 21.8 Å². The van der Waals surface area contributed by atoms with Crippen LogP contribution in [-0.4, -0.2) is 86.8 Å². The molecule has 0 aliphatic carbocycles. The Morgan fingerprint density at radius 1 is 0.500 bits per heavy atom. The molecular formula is C58H64Br2N10O6. The number of hydrogen-bond acceptors (Lipinski definition) is 8. The molecule has 0 unspecified atom stereocenters. The summed E-state index contributed by atoms with van der Waals surface area (Å²) < 4.78 is 7.38. The number of amides is 2. The molecule has 76 heavy (non-hydrogen) atoms. The van der Waals surface area contributed by atoms with Crippen LogP contribution in [0.2, 0.25) is 0 Å². The summed E-state index contributed by atoms with van der Waals surface area (Å²) in [6.07, 6.45) is 0. The van der Waals surface area contributed by atoms with Crippen molar-refractivity contribution < 1.29 is 29.4 Å². The number of rotatable bonds is 14. The molecule has 16 nitrogen and oxygen atoms in total. The Labute approximate surface area is 460 Å². The van der Waals surface area contributed by atoms with Crippen molar-refractivity contribution in [2.75, 3.05) is 42.3 Å². The molecule has 8 N–H and O–H groups in total. The number of nitrogen functional groups attached to an aromatic ring is 2. The van der Waals surface area contributed by atoms with Gasteiger partial charge >= 0.3 is 0 Å². The van der Waals surface area contributed by atoms with Crippen molar-refractivity contribution in [3.05, 3.63) is 199 Å². The van der Waals surface area contributed by atoms with Crippen LogP contribution in [0.3, 0.4) is 0 Å². The lowest BCUT2D eigenvalue weighted by Gasteiger charge is -2.23. The highest BCUT2D eigenvalue weighted by Crippen LogP contribution is 2.30. The number of carboxylic acids is 2. The monoisotopic (exact) mass is 1150 g/mol. The Hall–Kier alpha value is -7.90. The highest BCUT2D eigenvalue weighted by atomic mass is 79.9. The van der Waals surface area contributed by atoms with Gasteiger partial charge in [0.05, 0.1) is 53.3 Å². The van der Waals surface area contributed by atoms with Crippen molar-refractivity contribution >= 4 is 100 Å². The molecule has 2 amide bonds. The number of quaternary nitrogens is 2. The second-order valence-electron chi connectivity index (χ2n) is 19.5. The first-order valence-corrected chi connectivity index (χ1v) is 25.5. The summed E-state index contributed by atoms with van der Waals surface area (Å²) in [5.74, 6) is -2.39. The molecule has 396 valence electrons. The summed E-state index contributed by atoms with van der Waals surface area (Å²) >= 11 is 7.23. The minimum Gasteiger partial charge on any atom is -0.550 e. The van der Waals surface area contributed by atoms with Crippen molar-refractivity contribution in [1.82, 2.24) is 28.7 Å². The molecule has 6 aromatic carbocycles. The fraction of sp³-hybridized carbons (Fsp3) is 0.207. The molecule has 0 atom stereocenters. The van der Waals surface area contributed by atoms with Crippen LogP contribution < -0.4 is 41.3 Å².